The van der Waals surface area contributed by atoms with Crippen LogP contribution in [0.15, 0.2) is 28.7 Å². The highest BCUT2D eigenvalue weighted by Crippen LogP contribution is 2.31. The van der Waals surface area contributed by atoms with Crippen LogP contribution in [-0.2, 0) is 4.79 Å². The van der Waals surface area contributed by atoms with Crippen LogP contribution >= 0.6 is 15.9 Å². The topological polar surface area (TPSA) is 32.3 Å². The Hall–Kier alpha value is -0.870. The molecule has 0 aromatic heterocycles. The molecule has 1 aliphatic heterocycles. The lowest BCUT2D eigenvalue weighted by atomic mass is 10.0. The van der Waals surface area contributed by atoms with E-state index in [0.29, 0.717) is 12.3 Å². The Labute approximate surface area is 110 Å². The molecule has 1 amide bonds. The van der Waals surface area contributed by atoms with Gasteiger partial charge in [-0.2, -0.15) is 0 Å². The molecular formula is C13H17BrN2O. The maximum absolute atomic E-state index is 12.0. The van der Waals surface area contributed by atoms with Crippen molar-refractivity contribution in [1.29, 1.82) is 0 Å². The second-order valence-corrected chi connectivity index (χ2v) is 5.42. The summed E-state index contributed by atoms with van der Waals surface area (Å²) in [7, 11) is 1.93. The molecule has 0 radical (unpaired) electrons. The number of nitrogens with one attached hydrogen (secondary N) is 1. The van der Waals surface area contributed by atoms with Crippen LogP contribution in [0.5, 0.6) is 0 Å². The SMILES string of the molecule is CNCC1CC(=O)N(c2ccc(Br)cc2)C1C. The molecule has 2 rings (SSSR count). The summed E-state index contributed by atoms with van der Waals surface area (Å²) in [6.45, 7) is 3.01. The van der Waals surface area contributed by atoms with Gasteiger partial charge in [-0.25, -0.2) is 0 Å². The average molecular weight is 297 g/mol. The van der Waals surface area contributed by atoms with Crippen LogP contribution in [-0.4, -0.2) is 25.5 Å². The Kier molecular flexibility index (Phi) is 3.84. The predicted octanol–water partition coefficient (Wildman–Crippen LogP) is 2.41. The minimum atomic E-state index is 0.222. The average Bonchev–Trinajstić information content (AvgIpc) is 2.57. The summed E-state index contributed by atoms with van der Waals surface area (Å²) in [6, 6.07) is 8.18. The minimum Gasteiger partial charge on any atom is -0.319 e. The zero-order valence-corrected chi connectivity index (χ0v) is 11.7. The van der Waals surface area contributed by atoms with E-state index in [-0.39, 0.29) is 11.9 Å². The maximum Gasteiger partial charge on any atom is 0.227 e. The van der Waals surface area contributed by atoms with Crippen LogP contribution in [0.2, 0.25) is 0 Å². The quantitative estimate of drug-likeness (QED) is 0.929. The van der Waals surface area contributed by atoms with Crippen molar-refractivity contribution in [3.63, 3.8) is 0 Å². The predicted molar refractivity (Wildman–Crippen MR) is 73.1 cm³/mol. The number of rotatable bonds is 3. The standard InChI is InChI=1S/C13H17BrN2O/c1-9-10(8-15-2)7-13(17)16(9)12-5-3-11(14)4-6-12/h3-6,9-10,15H,7-8H2,1-2H3. The number of carbonyl (C=O) groups excluding carboxylic acids is 1. The van der Waals surface area contributed by atoms with Gasteiger partial charge in [-0.05, 0) is 38.2 Å². The van der Waals surface area contributed by atoms with Gasteiger partial charge in [-0.1, -0.05) is 15.9 Å². The van der Waals surface area contributed by atoms with Gasteiger partial charge in [0.25, 0.3) is 0 Å². The van der Waals surface area contributed by atoms with E-state index >= 15 is 0 Å². The monoisotopic (exact) mass is 296 g/mol. The third-order valence-electron chi connectivity index (χ3n) is 3.37. The molecular weight excluding hydrogens is 280 g/mol. The van der Waals surface area contributed by atoms with Gasteiger partial charge in [-0.3, -0.25) is 4.79 Å². The third kappa shape index (κ3) is 2.53. The van der Waals surface area contributed by atoms with E-state index in [1.807, 2.05) is 36.2 Å². The molecule has 17 heavy (non-hydrogen) atoms. The molecule has 0 bridgehead atoms. The molecule has 1 saturated heterocycles. The van der Waals surface area contributed by atoms with Crippen molar-refractivity contribution in [2.24, 2.45) is 5.92 Å². The van der Waals surface area contributed by atoms with Crippen LogP contribution in [0.25, 0.3) is 0 Å². The number of hydrogen-bond acceptors (Lipinski definition) is 2. The smallest absolute Gasteiger partial charge is 0.227 e. The number of halogens is 1. The third-order valence-corrected chi connectivity index (χ3v) is 3.89. The molecule has 4 heteroatoms. The highest BCUT2D eigenvalue weighted by atomic mass is 79.9. The van der Waals surface area contributed by atoms with Crippen molar-refractivity contribution in [2.45, 2.75) is 19.4 Å². The Morgan fingerprint density at radius 2 is 2.06 bits per heavy atom. The molecule has 1 fully saturated rings. The Morgan fingerprint density at radius 1 is 1.41 bits per heavy atom. The molecule has 2 unspecified atom stereocenters. The summed E-state index contributed by atoms with van der Waals surface area (Å²) >= 11 is 3.41. The van der Waals surface area contributed by atoms with E-state index in [0.717, 1.165) is 16.7 Å². The van der Waals surface area contributed by atoms with Crippen molar-refractivity contribution in [1.82, 2.24) is 5.32 Å². The molecule has 0 saturated carbocycles. The minimum absolute atomic E-state index is 0.222. The van der Waals surface area contributed by atoms with E-state index in [1.165, 1.54) is 0 Å². The fourth-order valence-corrected chi connectivity index (χ4v) is 2.68. The Morgan fingerprint density at radius 3 is 2.65 bits per heavy atom. The van der Waals surface area contributed by atoms with Crippen LogP contribution in [0.3, 0.4) is 0 Å². The summed E-state index contributed by atoms with van der Waals surface area (Å²) in [5.41, 5.74) is 0.990. The largest absolute Gasteiger partial charge is 0.319 e. The maximum atomic E-state index is 12.0. The molecule has 3 nitrogen and oxygen atoms in total. The van der Waals surface area contributed by atoms with Crippen LogP contribution in [0.4, 0.5) is 5.69 Å². The number of benzene rings is 1. The van der Waals surface area contributed by atoms with E-state index in [2.05, 4.69) is 28.2 Å². The van der Waals surface area contributed by atoms with Gasteiger partial charge < -0.3 is 10.2 Å². The first-order valence-corrected chi connectivity index (χ1v) is 6.65. The van der Waals surface area contributed by atoms with E-state index in [9.17, 15) is 4.79 Å². The second-order valence-electron chi connectivity index (χ2n) is 4.50. The molecule has 1 aliphatic rings. The van der Waals surface area contributed by atoms with Crippen molar-refractivity contribution >= 4 is 27.5 Å². The number of carbonyl (C=O) groups is 1. The fourth-order valence-electron chi connectivity index (χ4n) is 2.42. The van der Waals surface area contributed by atoms with Crippen molar-refractivity contribution in [3.8, 4) is 0 Å². The summed E-state index contributed by atoms with van der Waals surface area (Å²) in [6.07, 6.45) is 0.637. The normalized spacial score (nSPS) is 24.4. The first kappa shape index (κ1) is 12.6. The number of amides is 1. The van der Waals surface area contributed by atoms with Gasteiger partial charge in [0.2, 0.25) is 5.91 Å². The van der Waals surface area contributed by atoms with Crippen molar-refractivity contribution in [2.75, 3.05) is 18.5 Å². The van der Waals surface area contributed by atoms with Crippen molar-refractivity contribution in [3.05, 3.63) is 28.7 Å². The fraction of sp³-hybridized carbons (Fsp3) is 0.462. The highest BCUT2D eigenvalue weighted by molar-refractivity contribution is 9.10. The summed E-state index contributed by atoms with van der Waals surface area (Å²) < 4.78 is 1.03. The Balaban J connectivity index is 2.21. The van der Waals surface area contributed by atoms with E-state index < -0.39 is 0 Å². The molecule has 1 N–H and O–H groups in total. The second kappa shape index (κ2) is 5.19. The first-order valence-electron chi connectivity index (χ1n) is 5.85. The first-order chi connectivity index (χ1) is 8.13. The van der Waals surface area contributed by atoms with Crippen LogP contribution < -0.4 is 10.2 Å². The number of nitrogens with zero attached hydrogens (tertiary/aromatic N) is 1. The van der Waals surface area contributed by atoms with Gasteiger partial charge in [0.15, 0.2) is 0 Å². The molecule has 0 aliphatic carbocycles. The van der Waals surface area contributed by atoms with E-state index in [4.69, 9.17) is 0 Å². The summed E-state index contributed by atoms with van der Waals surface area (Å²) in [4.78, 5) is 14.0. The summed E-state index contributed by atoms with van der Waals surface area (Å²) in [5.74, 6) is 0.621. The lowest BCUT2D eigenvalue weighted by molar-refractivity contribution is -0.117. The van der Waals surface area contributed by atoms with Crippen LogP contribution in [0, 0.1) is 5.92 Å². The number of hydrogen-bond donors (Lipinski definition) is 1. The molecule has 1 aromatic carbocycles. The molecule has 92 valence electrons. The van der Waals surface area contributed by atoms with Crippen LogP contribution in [0.1, 0.15) is 13.3 Å². The van der Waals surface area contributed by atoms with Gasteiger partial charge in [0.05, 0.1) is 0 Å². The van der Waals surface area contributed by atoms with E-state index in [1.54, 1.807) is 0 Å². The zero-order valence-electron chi connectivity index (χ0n) is 10.1. The van der Waals surface area contributed by atoms with Gasteiger partial charge in [0.1, 0.15) is 0 Å². The lowest BCUT2D eigenvalue weighted by Gasteiger charge is -2.24. The van der Waals surface area contributed by atoms with Gasteiger partial charge in [0, 0.05) is 35.1 Å². The van der Waals surface area contributed by atoms with Gasteiger partial charge in [-0.15, -0.1) is 0 Å². The zero-order chi connectivity index (χ0) is 12.4. The molecule has 2 atom stereocenters. The molecule has 1 heterocycles. The van der Waals surface area contributed by atoms with Gasteiger partial charge >= 0.3 is 0 Å². The lowest BCUT2D eigenvalue weighted by Crippen LogP contribution is -2.35. The molecule has 0 spiro atoms. The van der Waals surface area contributed by atoms with Crippen molar-refractivity contribution < 1.29 is 4.79 Å². The molecule has 1 aromatic rings. The highest BCUT2D eigenvalue weighted by Gasteiger charge is 2.36. The summed E-state index contributed by atoms with van der Waals surface area (Å²) in [5, 5.41) is 3.16. The number of anilines is 1. The Bertz CT molecular complexity index is 404.